The topological polar surface area (TPSA) is 88.8 Å². The number of rotatable bonds is 6. The van der Waals surface area contributed by atoms with Gasteiger partial charge in [-0.25, -0.2) is 4.98 Å². The molecule has 1 amide bonds. The van der Waals surface area contributed by atoms with Crippen LogP contribution >= 0.6 is 0 Å². The number of aromatic nitrogens is 3. The number of aryl methyl sites for hydroxylation is 1. The Morgan fingerprint density at radius 1 is 1.03 bits per heavy atom. The Labute approximate surface area is 203 Å². The van der Waals surface area contributed by atoms with Gasteiger partial charge in [-0.05, 0) is 30.2 Å². The van der Waals surface area contributed by atoms with Gasteiger partial charge in [0, 0.05) is 42.3 Å². The van der Waals surface area contributed by atoms with E-state index in [1.165, 1.54) is 0 Å². The molecule has 1 atom stereocenters. The van der Waals surface area contributed by atoms with Crippen LogP contribution in [0.5, 0.6) is 0 Å². The first-order valence-electron chi connectivity index (χ1n) is 11.7. The number of hydrogen-bond acceptors (Lipinski definition) is 6. The van der Waals surface area contributed by atoms with Gasteiger partial charge >= 0.3 is 0 Å². The third-order valence-corrected chi connectivity index (χ3v) is 6.39. The second kappa shape index (κ2) is 9.68. The molecule has 0 saturated carbocycles. The standard InChI is InChI=1S/C27H27N5O3/c1-18-5-3-4-6-22(18)26(33)19(2)20-7-9-21(10-8-20)27(34)30-23-17-25(31-13-15-35-16-14-31)32-24(29-23)11-12-28-32/h3-12,17,19H,13-16H2,1-2H3,(H,29,30,34). The lowest BCUT2D eigenvalue weighted by Crippen LogP contribution is -2.37. The van der Waals surface area contributed by atoms with Crippen molar-refractivity contribution in [3.8, 4) is 0 Å². The van der Waals surface area contributed by atoms with Crippen molar-refractivity contribution < 1.29 is 14.3 Å². The monoisotopic (exact) mass is 469 g/mol. The summed E-state index contributed by atoms with van der Waals surface area (Å²) >= 11 is 0. The Morgan fingerprint density at radius 3 is 2.51 bits per heavy atom. The van der Waals surface area contributed by atoms with Crippen LogP contribution in [0.3, 0.4) is 0 Å². The molecule has 0 bridgehead atoms. The van der Waals surface area contributed by atoms with Crippen LogP contribution in [-0.4, -0.2) is 52.6 Å². The summed E-state index contributed by atoms with van der Waals surface area (Å²) in [6.07, 6.45) is 1.69. The van der Waals surface area contributed by atoms with E-state index in [4.69, 9.17) is 4.74 Å². The van der Waals surface area contributed by atoms with Crippen molar-refractivity contribution in [3.63, 3.8) is 0 Å². The van der Waals surface area contributed by atoms with Crippen molar-refractivity contribution in [2.45, 2.75) is 19.8 Å². The summed E-state index contributed by atoms with van der Waals surface area (Å²) < 4.78 is 7.23. The molecule has 0 radical (unpaired) electrons. The smallest absolute Gasteiger partial charge is 0.256 e. The Hall–Kier alpha value is -4.04. The molecule has 1 aliphatic rings. The van der Waals surface area contributed by atoms with E-state index in [2.05, 4.69) is 20.3 Å². The minimum Gasteiger partial charge on any atom is -0.378 e. The number of benzene rings is 2. The van der Waals surface area contributed by atoms with Gasteiger partial charge in [-0.3, -0.25) is 9.59 Å². The molecule has 1 fully saturated rings. The van der Waals surface area contributed by atoms with Gasteiger partial charge in [-0.2, -0.15) is 9.61 Å². The second-order valence-corrected chi connectivity index (χ2v) is 8.68. The van der Waals surface area contributed by atoms with E-state index in [0.717, 1.165) is 35.6 Å². The van der Waals surface area contributed by atoms with E-state index in [1.54, 1.807) is 28.9 Å². The molecule has 8 nitrogen and oxygen atoms in total. The number of ether oxygens (including phenoxy) is 1. The van der Waals surface area contributed by atoms with Crippen molar-refractivity contribution in [2.24, 2.45) is 0 Å². The highest BCUT2D eigenvalue weighted by Crippen LogP contribution is 2.24. The van der Waals surface area contributed by atoms with E-state index < -0.39 is 0 Å². The molecule has 35 heavy (non-hydrogen) atoms. The van der Waals surface area contributed by atoms with E-state index >= 15 is 0 Å². The zero-order valence-electron chi connectivity index (χ0n) is 19.8. The van der Waals surface area contributed by atoms with Gasteiger partial charge in [0.05, 0.1) is 19.4 Å². The van der Waals surface area contributed by atoms with E-state index in [-0.39, 0.29) is 17.6 Å². The molecule has 1 unspecified atom stereocenters. The lowest BCUT2D eigenvalue weighted by atomic mass is 9.90. The number of anilines is 2. The second-order valence-electron chi connectivity index (χ2n) is 8.68. The normalized spacial score (nSPS) is 14.6. The van der Waals surface area contributed by atoms with Gasteiger partial charge in [-0.1, -0.05) is 43.3 Å². The van der Waals surface area contributed by atoms with Gasteiger partial charge in [0.2, 0.25) is 0 Å². The number of carbonyl (C=O) groups is 2. The van der Waals surface area contributed by atoms with Crippen LogP contribution in [0, 0.1) is 6.92 Å². The molecule has 5 rings (SSSR count). The summed E-state index contributed by atoms with van der Waals surface area (Å²) in [5.41, 5.74) is 3.69. The van der Waals surface area contributed by atoms with Crippen LogP contribution in [0.15, 0.2) is 66.9 Å². The van der Waals surface area contributed by atoms with Crippen LogP contribution in [0.4, 0.5) is 11.6 Å². The first-order valence-corrected chi connectivity index (χ1v) is 11.7. The average Bonchev–Trinajstić information content (AvgIpc) is 3.37. The minimum atomic E-state index is -0.310. The molecule has 8 heteroatoms. The average molecular weight is 470 g/mol. The number of carbonyl (C=O) groups excluding carboxylic acids is 2. The number of hydrogen-bond donors (Lipinski definition) is 1. The van der Waals surface area contributed by atoms with Gasteiger partial charge in [0.15, 0.2) is 11.4 Å². The summed E-state index contributed by atoms with van der Waals surface area (Å²) in [6, 6.07) is 18.4. The Kier molecular flexibility index (Phi) is 6.29. The maximum atomic E-state index is 13.0. The van der Waals surface area contributed by atoms with Gasteiger partial charge in [0.1, 0.15) is 11.6 Å². The molecule has 2 aromatic heterocycles. The number of fused-ring (bicyclic) bond motifs is 1. The summed E-state index contributed by atoms with van der Waals surface area (Å²) in [5.74, 6) is 0.803. The number of morpholine rings is 1. The lowest BCUT2D eigenvalue weighted by molar-refractivity contribution is 0.0965. The third kappa shape index (κ3) is 4.65. The lowest BCUT2D eigenvalue weighted by Gasteiger charge is -2.29. The molecule has 0 aliphatic carbocycles. The molecule has 0 spiro atoms. The molecule has 2 aromatic carbocycles. The predicted molar refractivity (Wildman–Crippen MR) is 134 cm³/mol. The fraction of sp³-hybridized carbons (Fsp3) is 0.259. The Bertz CT molecular complexity index is 1370. The maximum Gasteiger partial charge on any atom is 0.256 e. The molecule has 178 valence electrons. The molecule has 4 aromatic rings. The zero-order valence-corrected chi connectivity index (χ0v) is 19.8. The first kappa shape index (κ1) is 22.7. The molecule has 1 N–H and O–H groups in total. The van der Waals surface area contributed by atoms with Crippen molar-refractivity contribution in [3.05, 3.63) is 89.1 Å². The third-order valence-electron chi connectivity index (χ3n) is 6.39. The fourth-order valence-corrected chi connectivity index (χ4v) is 4.32. The van der Waals surface area contributed by atoms with Gasteiger partial charge in [0.25, 0.3) is 5.91 Å². The highest BCUT2D eigenvalue weighted by atomic mass is 16.5. The summed E-state index contributed by atoms with van der Waals surface area (Å²) in [7, 11) is 0. The Morgan fingerprint density at radius 2 is 1.77 bits per heavy atom. The van der Waals surface area contributed by atoms with Crippen LogP contribution in [0.2, 0.25) is 0 Å². The van der Waals surface area contributed by atoms with Gasteiger partial charge in [-0.15, -0.1) is 0 Å². The summed E-state index contributed by atoms with van der Waals surface area (Å²) in [4.78, 5) is 32.7. The Balaban J connectivity index is 1.33. The van der Waals surface area contributed by atoms with Crippen LogP contribution < -0.4 is 10.2 Å². The molecule has 1 aliphatic heterocycles. The van der Waals surface area contributed by atoms with Crippen LogP contribution in [0.1, 0.15) is 44.7 Å². The van der Waals surface area contributed by atoms with Crippen molar-refractivity contribution in [2.75, 3.05) is 36.5 Å². The number of Topliss-reactive ketones (excluding diaryl/α,β-unsaturated/α-hetero) is 1. The van der Waals surface area contributed by atoms with E-state index in [0.29, 0.717) is 30.2 Å². The van der Waals surface area contributed by atoms with Crippen molar-refractivity contribution in [1.82, 2.24) is 14.6 Å². The highest BCUT2D eigenvalue weighted by molar-refractivity contribution is 6.04. The van der Waals surface area contributed by atoms with E-state index in [9.17, 15) is 9.59 Å². The van der Waals surface area contributed by atoms with Crippen molar-refractivity contribution in [1.29, 1.82) is 0 Å². The first-order chi connectivity index (χ1) is 17.0. The SMILES string of the molecule is Cc1ccccc1C(=O)C(C)c1ccc(C(=O)Nc2cc(N3CCOCC3)n3nccc3n2)cc1. The van der Waals surface area contributed by atoms with Crippen molar-refractivity contribution >= 4 is 29.0 Å². The predicted octanol–water partition coefficient (Wildman–Crippen LogP) is 4.11. The molecule has 3 heterocycles. The number of amides is 1. The van der Waals surface area contributed by atoms with Crippen LogP contribution in [-0.2, 0) is 4.74 Å². The minimum absolute atomic E-state index is 0.0641. The number of nitrogens with one attached hydrogen (secondary N) is 1. The molecular weight excluding hydrogens is 442 g/mol. The molecule has 1 saturated heterocycles. The highest BCUT2D eigenvalue weighted by Gasteiger charge is 2.20. The molecular formula is C27H27N5O3. The largest absolute Gasteiger partial charge is 0.378 e. The summed E-state index contributed by atoms with van der Waals surface area (Å²) in [5, 5.41) is 7.28. The number of nitrogens with zero attached hydrogens (tertiary/aromatic N) is 4. The zero-order chi connectivity index (χ0) is 24.4. The maximum absolute atomic E-state index is 13.0. The fourth-order valence-electron chi connectivity index (χ4n) is 4.32. The number of ketones is 1. The quantitative estimate of drug-likeness (QED) is 0.428. The van der Waals surface area contributed by atoms with Crippen LogP contribution in [0.25, 0.3) is 5.65 Å². The summed E-state index contributed by atoms with van der Waals surface area (Å²) in [6.45, 7) is 6.60. The van der Waals surface area contributed by atoms with E-state index in [1.807, 2.05) is 56.3 Å². The van der Waals surface area contributed by atoms with Gasteiger partial charge < -0.3 is 15.0 Å².